The number of rotatable bonds is 7. The molecule has 164 valence electrons. The van der Waals surface area contributed by atoms with E-state index in [1.165, 1.54) is 5.69 Å². The first-order valence-electron chi connectivity index (χ1n) is 10.8. The number of hydrogen-bond acceptors (Lipinski definition) is 4. The van der Waals surface area contributed by atoms with E-state index in [0.717, 1.165) is 64.9 Å². The van der Waals surface area contributed by atoms with E-state index >= 15 is 0 Å². The molecule has 0 aromatic heterocycles. The predicted molar refractivity (Wildman–Crippen MR) is 133 cm³/mol. The highest BCUT2D eigenvalue weighted by Crippen LogP contribution is 2.19. The SMILES string of the molecule is CCNC(=NCC(C(C)C)N1CCOCC1)NC1CCN(c2ccccc2)C1.I. The number of para-hydroxylation sites is 1. The van der Waals surface area contributed by atoms with Crippen molar-refractivity contribution in [1.82, 2.24) is 15.5 Å². The van der Waals surface area contributed by atoms with Gasteiger partial charge in [-0.1, -0.05) is 32.0 Å². The molecule has 0 bridgehead atoms. The maximum atomic E-state index is 5.52. The van der Waals surface area contributed by atoms with Crippen LogP contribution in [0, 0.1) is 5.92 Å². The van der Waals surface area contributed by atoms with Crippen LogP contribution in [-0.4, -0.2) is 75.4 Å². The van der Waals surface area contributed by atoms with Gasteiger partial charge in [0.1, 0.15) is 0 Å². The molecule has 0 amide bonds. The minimum absolute atomic E-state index is 0. The van der Waals surface area contributed by atoms with Crippen LogP contribution in [0.2, 0.25) is 0 Å². The summed E-state index contributed by atoms with van der Waals surface area (Å²) in [6.45, 7) is 14.2. The van der Waals surface area contributed by atoms with Crippen molar-refractivity contribution in [3.8, 4) is 0 Å². The van der Waals surface area contributed by atoms with Crippen molar-refractivity contribution in [3.05, 3.63) is 30.3 Å². The van der Waals surface area contributed by atoms with Gasteiger partial charge in [-0.05, 0) is 31.4 Å². The Morgan fingerprint density at radius 3 is 2.55 bits per heavy atom. The van der Waals surface area contributed by atoms with Crippen molar-refractivity contribution < 1.29 is 4.74 Å². The van der Waals surface area contributed by atoms with Gasteiger partial charge in [-0.3, -0.25) is 9.89 Å². The lowest BCUT2D eigenvalue weighted by atomic mass is 10.0. The number of guanidine groups is 1. The van der Waals surface area contributed by atoms with E-state index in [4.69, 9.17) is 9.73 Å². The van der Waals surface area contributed by atoms with Gasteiger partial charge in [0.05, 0.1) is 19.8 Å². The fraction of sp³-hybridized carbons (Fsp3) is 0.682. The Bertz CT molecular complexity index is 606. The molecule has 2 atom stereocenters. The zero-order valence-electron chi connectivity index (χ0n) is 18.1. The Hall–Kier alpha value is -1.06. The van der Waals surface area contributed by atoms with Crippen LogP contribution < -0.4 is 15.5 Å². The Balaban J connectivity index is 0.00000300. The van der Waals surface area contributed by atoms with Gasteiger partial charge in [-0.25, -0.2) is 0 Å². The number of nitrogens with one attached hydrogen (secondary N) is 2. The molecule has 0 aliphatic carbocycles. The zero-order valence-corrected chi connectivity index (χ0v) is 20.5. The summed E-state index contributed by atoms with van der Waals surface area (Å²) in [5.41, 5.74) is 1.31. The summed E-state index contributed by atoms with van der Waals surface area (Å²) in [5.74, 6) is 1.52. The second-order valence-corrected chi connectivity index (χ2v) is 8.09. The van der Waals surface area contributed by atoms with Crippen molar-refractivity contribution in [3.63, 3.8) is 0 Å². The summed E-state index contributed by atoms with van der Waals surface area (Å²) in [6, 6.07) is 11.6. The first-order chi connectivity index (χ1) is 13.7. The maximum absolute atomic E-state index is 5.52. The van der Waals surface area contributed by atoms with Gasteiger partial charge in [0.15, 0.2) is 5.96 Å². The predicted octanol–water partition coefficient (Wildman–Crippen LogP) is 2.80. The molecule has 2 aliphatic rings. The van der Waals surface area contributed by atoms with Crippen LogP contribution in [0.4, 0.5) is 5.69 Å². The molecule has 2 fully saturated rings. The fourth-order valence-electron chi connectivity index (χ4n) is 4.11. The van der Waals surface area contributed by atoms with Crippen LogP contribution in [0.3, 0.4) is 0 Å². The molecule has 0 spiro atoms. The van der Waals surface area contributed by atoms with Gasteiger partial charge in [0.25, 0.3) is 0 Å². The summed E-state index contributed by atoms with van der Waals surface area (Å²) < 4.78 is 5.52. The van der Waals surface area contributed by atoms with Crippen molar-refractivity contribution >= 4 is 35.6 Å². The van der Waals surface area contributed by atoms with E-state index in [2.05, 4.69) is 71.5 Å². The summed E-state index contributed by atoms with van der Waals surface area (Å²) in [6.07, 6.45) is 1.14. The van der Waals surface area contributed by atoms with E-state index in [-0.39, 0.29) is 24.0 Å². The van der Waals surface area contributed by atoms with Gasteiger partial charge < -0.3 is 20.3 Å². The average Bonchev–Trinajstić information content (AvgIpc) is 3.18. The number of ether oxygens (including phenoxy) is 1. The third-order valence-electron chi connectivity index (χ3n) is 5.72. The van der Waals surface area contributed by atoms with Crippen LogP contribution in [0.25, 0.3) is 0 Å². The molecule has 2 N–H and O–H groups in total. The van der Waals surface area contributed by atoms with E-state index in [1.807, 2.05) is 0 Å². The molecule has 2 saturated heterocycles. The van der Waals surface area contributed by atoms with Crippen LogP contribution >= 0.6 is 24.0 Å². The molecule has 2 aliphatic heterocycles. The number of aliphatic imine (C=N–C) groups is 1. The van der Waals surface area contributed by atoms with Gasteiger partial charge in [-0.15, -0.1) is 24.0 Å². The fourth-order valence-corrected chi connectivity index (χ4v) is 4.11. The van der Waals surface area contributed by atoms with Gasteiger partial charge >= 0.3 is 0 Å². The lowest BCUT2D eigenvalue weighted by molar-refractivity contribution is 0.00867. The smallest absolute Gasteiger partial charge is 0.191 e. The van der Waals surface area contributed by atoms with E-state index in [0.29, 0.717) is 18.0 Å². The highest BCUT2D eigenvalue weighted by molar-refractivity contribution is 14.0. The number of halogens is 1. The number of benzene rings is 1. The molecule has 1 aromatic carbocycles. The first-order valence-corrected chi connectivity index (χ1v) is 10.8. The summed E-state index contributed by atoms with van der Waals surface area (Å²) >= 11 is 0. The number of hydrogen-bond donors (Lipinski definition) is 2. The largest absolute Gasteiger partial charge is 0.379 e. The van der Waals surface area contributed by atoms with Crippen LogP contribution in [0.15, 0.2) is 35.3 Å². The van der Waals surface area contributed by atoms with E-state index in [9.17, 15) is 0 Å². The molecule has 2 heterocycles. The highest BCUT2D eigenvalue weighted by Gasteiger charge is 2.25. The van der Waals surface area contributed by atoms with Gasteiger partial charge in [0.2, 0.25) is 0 Å². The molecule has 6 nitrogen and oxygen atoms in total. The maximum Gasteiger partial charge on any atom is 0.191 e. The van der Waals surface area contributed by atoms with Crippen LogP contribution in [0.1, 0.15) is 27.2 Å². The standard InChI is InChI=1S/C22H37N5O.HI/c1-4-23-22(24-16-21(18(2)3)26-12-14-28-15-13-26)25-19-10-11-27(17-19)20-8-6-5-7-9-20;/h5-9,18-19,21H,4,10-17H2,1-3H3,(H2,23,24,25);1H. The quantitative estimate of drug-likeness (QED) is 0.333. The zero-order chi connectivity index (χ0) is 19.8. The molecule has 7 heteroatoms. The third kappa shape index (κ3) is 7.29. The molecule has 0 saturated carbocycles. The second kappa shape index (κ2) is 12.6. The second-order valence-electron chi connectivity index (χ2n) is 8.09. The lowest BCUT2D eigenvalue weighted by Crippen LogP contribution is -2.49. The normalized spacial score (nSPS) is 21.7. The van der Waals surface area contributed by atoms with E-state index < -0.39 is 0 Å². The molecule has 2 unspecified atom stereocenters. The Morgan fingerprint density at radius 2 is 1.90 bits per heavy atom. The molecule has 3 rings (SSSR count). The molecule has 29 heavy (non-hydrogen) atoms. The average molecular weight is 515 g/mol. The number of nitrogens with zero attached hydrogens (tertiary/aromatic N) is 3. The molecule has 1 aromatic rings. The Morgan fingerprint density at radius 1 is 1.17 bits per heavy atom. The first kappa shape index (κ1) is 24.2. The van der Waals surface area contributed by atoms with Crippen LogP contribution in [-0.2, 0) is 4.74 Å². The summed E-state index contributed by atoms with van der Waals surface area (Å²) in [4.78, 5) is 9.95. The van der Waals surface area contributed by atoms with Crippen molar-refractivity contribution in [2.75, 3.05) is 57.4 Å². The third-order valence-corrected chi connectivity index (χ3v) is 5.72. The van der Waals surface area contributed by atoms with Crippen molar-refractivity contribution in [2.24, 2.45) is 10.9 Å². The summed E-state index contributed by atoms with van der Waals surface area (Å²) in [7, 11) is 0. The van der Waals surface area contributed by atoms with Crippen molar-refractivity contribution in [1.29, 1.82) is 0 Å². The number of morpholine rings is 1. The lowest BCUT2D eigenvalue weighted by Gasteiger charge is -2.36. The molecular formula is C22H38IN5O. The Labute approximate surface area is 193 Å². The Kier molecular flexibility index (Phi) is 10.5. The van der Waals surface area contributed by atoms with Crippen LogP contribution in [0.5, 0.6) is 0 Å². The molecule has 0 radical (unpaired) electrons. The minimum atomic E-state index is 0. The summed E-state index contributed by atoms with van der Waals surface area (Å²) in [5, 5.41) is 7.11. The van der Waals surface area contributed by atoms with Gasteiger partial charge in [-0.2, -0.15) is 0 Å². The van der Waals surface area contributed by atoms with E-state index in [1.54, 1.807) is 0 Å². The monoisotopic (exact) mass is 515 g/mol. The van der Waals surface area contributed by atoms with Crippen molar-refractivity contribution in [2.45, 2.75) is 39.3 Å². The van der Waals surface area contributed by atoms with Gasteiger partial charge in [0, 0.05) is 50.5 Å². The topological polar surface area (TPSA) is 52.1 Å². The highest BCUT2D eigenvalue weighted by atomic mass is 127. The minimum Gasteiger partial charge on any atom is -0.379 e. The number of anilines is 1. The molecular weight excluding hydrogens is 477 g/mol.